The highest BCUT2D eigenvalue weighted by Gasteiger charge is 2.52. The first-order valence-electron chi connectivity index (χ1n) is 7.47. The molecule has 2 aliphatic heterocycles. The first-order valence-corrected chi connectivity index (χ1v) is 7.47. The van der Waals surface area contributed by atoms with Gasteiger partial charge in [0.25, 0.3) is 0 Å². The van der Waals surface area contributed by atoms with Gasteiger partial charge in [0.05, 0.1) is 12.5 Å². The van der Waals surface area contributed by atoms with Crippen molar-refractivity contribution in [2.75, 3.05) is 27.4 Å². The second-order valence-electron chi connectivity index (χ2n) is 6.75. The van der Waals surface area contributed by atoms with Crippen molar-refractivity contribution >= 4 is 12.1 Å². The summed E-state index contributed by atoms with van der Waals surface area (Å²) in [4.78, 5) is 25.6. The van der Waals surface area contributed by atoms with E-state index in [2.05, 4.69) is 0 Å². The molecule has 2 aliphatic rings. The maximum Gasteiger partial charge on any atom is 0.410 e. The van der Waals surface area contributed by atoms with E-state index >= 15 is 0 Å². The Hall–Kier alpha value is -1.34. The number of rotatable bonds is 5. The van der Waals surface area contributed by atoms with Crippen LogP contribution in [0.3, 0.4) is 0 Å². The minimum absolute atomic E-state index is 0.0830. The number of amides is 1. The fourth-order valence-electron chi connectivity index (χ4n) is 3.27. The molecule has 0 unspecified atom stereocenters. The van der Waals surface area contributed by atoms with Crippen molar-refractivity contribution in [3.63, 3.8) is 0 Å². The number of fused-ring (bicyclic) bond motifs is 1. The van der Waals surface area contributed by atoms with Crippen molar-refractivity contribution in [1.82, 2.24) is 4.90 Å². The minimum atomic E-state index is -0.533. The van der Waals surface area contributed by atoms with Crippen LogP contribution in [0.2, 0.25) is 0 Å². The molecule has 0 aromatic carbocycles. The fourth-order valence-corrected chi connectivity index (χ4v) is 3.27. The highest BCUT2D eigenvalue weighted by atomic mass is 16.7. The largest absolute Gasteiger partial charge is 0.460 e. The number of cyclic esters (lactones) is 1. The number of ether oxygens (including phenoxy) is 4. The second-order valence-corrected chi connectivity index (χ2v) is 6.75. The lowest BCUT2D eigenvalue weighted by Crippen LogP contribution is -2.36. The Morgan fingerprint density at radius 3 is 2.55 bits per heavy atom. The van der Waals surface area contributed by atoms with Crippen LogP contribution >= 0.6 is 0 Å². The molecule has 0 spiro atoms. The van der Waals surface area contributed by atoms with Crippen LogP contribution in [0.15, 0.2) is 0 Å². The summed E-state index contributed by atoms with van der Waals surface area (Å²) >= 11 is 0. The molecule has 3 atom stereocenters. The van der Waals surface area contributed by atoms with Gasteiger partial charge in [0.15, 0.2) is 6.29 Å². The third-order valence-corrected chi connectivity index (χ3v) is 4.10. The van der Waals surface area contributed by atoms with Crippen LogP contribution < -0.4 is 0 Å². The van der Waals surface area contributed by atoms with Crippen molar-refractivity contribution < 1.29 is 28.5 Å². The monoisotopic (exact) mass is 315 g/mol. The first-order chi connectivity index (χ1) is 10.3. The van der Waals surface area contributed by atoms with Crippen molar-refractivity contribution in [2.24, 2.45) is 11.8 Å². The standard InChI is InChI=1S/C15H25NO6/c1-15(2,3)22-12(17)6-9-10(13(19-4)20-5)7-16-11(9)8-21-14(16)18/h9-11,13H,6-8H2,1-5H3/t9-,10+,11+/m0/s1. The van der Waals surface area contributed by atoms with Gasteiger partial charge in [-0.1, -0.05) is 0 Å². The van der Waals surface area contributed by atoms with Gasteiger partial charge in [0, 0.05) is 32.6 Å². The van der Waals surface area contributed by atoms with Gasteiger partial charge in [-0.15, -0.1) is 0 Å². The predicted octanol–water partition coefficient (Wildman–Crippen LogP) is 1.40. The van der Waals surface area contributed by atoms with E-state index in [1.54, 1.807) is 19.1 Å². The lowest BCUT2D eigenvalue weighted by Gasteiger charge is -2.28. The Balaban J connectivity index is 2.12. The number of esters is 1. The number of carbonyl (C=O) groups excluding carboxylic acids is 2. The molecule has 0 radical (unpaired) electrons. The number of carbonyl (C=O) groups is 2. The molecular weight excluding hydrogens is 290 g/mol. The zero-order chi connectivity index (χ0) is 16.5. The average molecular weight is 315 g/mol. The molecule has 7 nitrogen and oxygen atoms in total. The third-order valence-electron chi connectivity index (χ3n) is 4.10. The molecule has 0 bridgehead atoms. The van der Waals surface area contributed by atoms with Crippen molar-refractivity contribution in [1.29, 1.82) is 0 Å². The van der Waals surface area contributed by atoms with Crippen LogP contribution in [-0.4, -0.2) is 62.3 Å². The van der Waals surface area contributed by atoms with Crippen molar-refractivity contribution in [3.8, 4) is 0 Å². The topological polar surface area (TPSA) is 74.3 Å². The van der Waals surface area contributed by atoms with Crippen LogP contribution in [0, 0.1) is 11.8 Å². The van der Waals surface area contributed by atoms with Crippen LogP contribution in [0.1, 0.15) is 27.2 Å². The molecule has 2 fully saturated rings. The third kappa shape index (κ3) is 3.52. The van der Waals surface area contributed by atoms with E-state index in [0.717, 1.165) is 0 Å². The molecule has 126 valence electrons. The van der Waals surface area contributed by atoms with E-state index in [4.69, 9.17) is 18.9 Å². The van der Waals surface area contributed by atoms with Gasteiger partial charge in [-0.25, -0.2) is 4.79 Å². The second kappa shape index (κ2) is 6.42. The highest BCUT2D eigenvalue weighted by Crippen LogP contribution is 2.39. The summed E-state index contributed by atoms with van der Waals surface area (Å²) in [5.74, 6) is -0.471. The Morgan fingerprint density at radius 1 is 1.36 bits per heavy atom. The Kier molecular flexibility index (Phi) is 4.97. The summed E-state index contributed by atoms with van der Waals surface area (Å²) in [5.41, 5.74) is -0.533. The zero-order valence-corrected chi connectivity index (χ0v) is 13.8. The molecule has 0 saturated carbocycles. The van der Waals surface area contributed by atoms with Crippen molar-refractivity contribution in [2.45, 2.75) is 45.1 Å². The van der Waals surface area contributed by atoms with Gasteiger partial charge in [-0.05, 0) is 20.8 Å². The summed E-state index contributed by atoms with van der Waals surface area (Å²) in [6.45, 7) is 6.25. The van der Waals surface area contributed by atoms with Crippen LogP contribution in [0.5, 0.6) is 0 Å². The lowest BCUT2D eigenvalue weighted by atomic mass is 9.87. The van der Waals surface area contributed by atoms with E-state index < -0.39 is 11.9 Å². The molecule has 0 N–H and O–H groups in total. The maximum atomic E-state index is 12.2. The van der Waals surface area contributed by atoms with E-state index in [9.17, 15) is 9.59 Å². The number of hydrogen-bond donors (Lipinski definition) is 0. The molecule has 22 heavy (non-hydrogen) atoms. The summed E-state index contributed by atoms with van der Waals surface area (Å²) < 4.78 is 21.2. The van der Waals surface area contributed by atoms with Gasteiger partial charge in [0.2, 0.25) is 0 Å². The minimum Gasteiger partial charge on any atom is -0.460 e. The molecule has 0 aromatic heterocycles. The van der Waals surface area contributed by atoms with Gasteiger partial charge in [-0.2, -0.15) is 0 Å². The van der Waals surface area contributed by atoms with Gasteiger partial charge in [-0.3, -0.25) is 4.79 Å². The fraction of sp³-hybridized carbons (Fsp3) is 0.867. The molecule has 2 saturated heterocycles. The maximum absolute atomic E-state index is 12.2. The number of methoxy groups -OCH3 is 2. The van der Waals surface area contributed by atoms with E-state index in [-0.39, 0.29) is 36.4 Å². The molecule has 1 amide bonds. The Labute approximate surface area is 130 Å². The quantitative estimate of drug-likeness (QED) is 0.564. The summed E-state index contributed by atoms with van der Waals surface area (Å²) in [6, 6.07) is -0.127. The Morgan fingerprint density at radius 2 is 2.00 bits per heavy atom. The predicted molar refractivity (Wildman–Crippen MR) is 77.1 cm³/mol. The SMILES string of the molecule is COC(OC)[C@@H]1CN2C(=O)OC[C@@H]2[C@H]1CC(=O)OC(C)(C)C. The molecule has 7 heteroatoms. The lowest BCUT2D eigenvalue weighted by molar-refractivity contribution is -0.162. The van der Waals surface area contributed by atoms with Crippen LogP contribution in [0.25, 0.3) is 0 Å². The summed E-state index contributed by atoms with van der Waals surface area (Å²) in [7, 11) is 3.11. The van der Waals surface area contributed by atoms with E-state index in [1.165, 1.54) is 0 Å². The number of nitrogens with zero attached hydrogens (tertiary/aromatic N) is 1. The van der Waals surface area contributed by atoms with Gasteiger partial charge >= 0.3 is 12.1 Å². The average Bonchev–Trinajstić information content (AvgIpc) is 2.92. The summed E-state index contributed by atoms with van der Waals surface area (Å²) in [5, 5.41) is 0. The normalized spacial score (nSPS) is 28.0. The van der Waals surface area contributed by atoms with Crippen LogP contribution in [0.4, 0.5) is 4.79 Å². The van der Waals surface area contributed by atoms with Gasteiger partial charge in [0.1, 0.15) is 12.2 Å². The number of hydrogen-bond acceptors (Lipinski definition) is 6. The molecular formula is C15H25NO6. The molecule has 0 aliphatic carbocycles. The highest BCUT2D eigenvalue weighted by molar-refractivity contribution is 5.73. The van der Waals surface area contributed by atoms with E-state index in [1.807, 2.05) is 20.8 Å². The summed E-state index contributed by atoms with van der Waals surface area (Å²) in [6.07, 6.45) is -0.596. The van der Waals surface area contributed by atoms with Crippen LogP contribution in [-0.2, 0) is 23.7 Å². The first kappa shape index (κ1) is 17.0. The van der Waals surface area contributed by atoms with Crippen molar-refractivity contribution in [3.05, 3.63) is 0 Å². The van der Waals surface area contributed by atoms with Gasteiger partial charge < -0.3 is 23.8 Å². The zero-order valence-electron chi connectivity index (χ0n) is 13.8. The smallest absolute Gasteiger partial charge is 0.410 e. The molecule has 2 heterocycles. The molecule has 0 aromatic rings. The molecule has 2 rings (SSSR count). The van der Waals surface area contributed by atoms with E-state index in [0.29, 0.717) is 13.2 Å². The Bertz CT molecular complexity index is 428.